The molecule has 0 spiro atoms. The zero-order chi connectivity index (χ0) is 13.8. The molecular weight excluding hydrogens is 258 g/mol. The largest absolute Gasteiger partial charge is 0.481 e. The molecule has 2 rings (SSSR count). The van der Waals surface area contributed by atoms with Gasteiger partial charge in [0.05, 0.1) is 6.42 Å². The van der Waals surface area contributed by atoms with Gasteiger partial charge in [-0.25, -0.2) is 0 Å². The molecule has 2 atom stereocenters. The van der Waals surface area contributed by atoms with Gasteiger partial charge in [-0.2, -0.15) is 11.8 Å². The molecule has 1 fully saturated rings. The van der Waals surface area contributed by atoms with Crippen LogP contribution in [0, 0.1) is 6.92 Å². The first kappa shape index (κ1) is 14.3. The summed E-state index contributed by atoms with van der Waals surface area (Å²) in [7, 11) is 0. The molecule has 0 bridgehead atoms. The number of aliphatic carboxylic acids is 1. The summed E-state index contributed by atoms with van der Waals surface area (Å²) in [6.45, 7) is 4.93. The van der Waals surface area contributed by atoms with Gasteiger partial charge in [0, 0.05) is 23.5 Å². The minimum Gasteiger partial charge on any atom is -0.481 e. The number of benzene rings is 1. The summed E-state index contributed by atoms with van der Waals surface area (Å²) in [4.78, 5) is 13.2. The molecule has 0 radical (unpaired) electrons. The maximum atomic E-state index is 10.9. The Bertz CT molecular complexity index is 450. The Morgan fingerprint density at radius 2 is 2.21 bits per heavy atom. The standard InChI is InChI=1S/C15H21NO2S/c1-11-5-3-4-6-13(11)16(9-7-15(17)18)14-8-10-19-12(14)2/h3-6,12,14H,7-10H2,1-2H3,(H,17,18). The molecule has 0 saturated carbocycles. The number of anilines is 1. The van der Waals surface area contributed by atoms with E-state index in [1.807, 2.05) is 23.9 Å². The van der Waals surface area contributed by atoms with Crippen LogP contribution in [0.25, 0.3) is 0 Å². The molecule has 0 amide bonds. The topological polar surface area (TPSA) is 40.5 Å². The van der Waals surface area contributed by atoms with E-state index in [1.54, 1.807) is 0 Å². The summed E-state index contributed by atoms with van der Waals surface area (Å²) in [5.41, 5.74) is 2.40. The van der Waals surface area contributed by atoms with E-state index in [9.17, 15) is 4.79 Å². The summed E-state index contributed by atoms with van der Waals surface area (Å²) < 4.78 is 0. The van der Waals surface area contributed by atoms with E-state index >= 15 is 0 Å². The van der Waals surface area contributed by atoms with Crippen molar-refractivity contribution in [1.29, 1.82) is 0 Å². The Labute approximate surface area is 119 Å². The molecule has 104 valence electrons. The van der Waals surface area contributed by atoms with Crippen molar-refractivity contribution in [3.05, 3.63) is 29.8 Å². The highest BCUT2D eigenvalue weighted by atomic mass is 32.2. The lowest BCUT2D eigenvalue weighted by Gasteiger charge is -2.34. The fourth-order valence-corrected chi connectivity index (χ4v) is 3.95. The van der Waals surface area contributed by atoms with Gasteiger partial charge in [0.1, 0.15) is 0 Å². The number of para-hydroxylation sites is 1. The minimum atomic E-state index is -0.725. The van der Waals surface area contributed by atoms with E-state index < -0.39 is 5.97 Å². The summed E-state index contributed by atoms with van der Waals surface area (Å²) in [6.07, 6.45) is 1.34. The second kappa shape index (κ2) is 6.33. The molecule has 1 aromatic rings. The van der Waals surface area contributed by atoms with Crippen molar-refractivity contribution in [3.63, 3.8) is 0 Å². The summed E-state index contributed by atoms with van der Waals surface area (Å²) >= 11 is 1.98. The molecule has 2 unspecified atom stereocenters. The van der Waals surface area contributed by atoms with Crippen molar-refractivity contribution in [3.8, 4) is 0 Å². The maximum absolute atomic E-state index is 10.9. The van der Waals surface area contributed by atoms with Crippen LogP contribution >= 0.6 is 11.8 Å². The average Bonchev–Trinajstić information content (AvgIpc) is 2.78. The monoisotopic (exact) mass is 279 g/mol. The van der Waals surface area contributed by atoms with E-state index in [0.717, 1.165) is 6.42 Å². The number of hydrogen-bond acceptors (Lipinski definition) is 3. The summed E-state index contributed by atoms with van der Waals surface area (Å²) in [5, 5.41) is 9.52. The van der Waals surface area contributed by atoms with Gasteiger partial charge >= 0.3 is 5.97 Å². The second-order valence-electron chi connectivity index (χ2n) is 5.06. The summed E-state index contributed by atoms with van der Waals surface area (Å²) in [6, 6.07) is 8.71. The molecule has 0 aliphatic carbocycles. The minimum absolute atomic E-state index is 0.197. The lowest BCUT2D eigenvalue weighted by molar-refractivity contribution is -0.136. The van der Waals surface area contributed by atoms with Gasteiger partial charge in [-0.3, -0.25) is 4.79 Å². The quantitative estimate of drug-likeness (QED) is 0.899. The Kier molecular flexibility index (Phi) is 4.75. The highest BCUT2D eigenvalue weighted by Crippen LogP contribution is 2.34. The second-order valence-corrected chi connectivity index (χ2v) is 6.54. The molecule has 1 saturated heterocycles. The number of hydrogen-bond donors (Lipinski definition) is 1. The number of carboxylic acids is 1. The number of thioether (sulfide) groups is 1. The molecule has 4 heteroatoms. The lowest BCUT2D eigenvalue weighted by Crippen LogP contribution is -2.40. The molecule has 1 aromatic carbocycles. The normalized spacial score (nSPS) is 22.4. The van der Waals surface area contributed by atoms with E-state index in [4.69, 9.17) is 5.11 Å². The molecule has 19 heavy (non-hydrogen) atoms. The highest BCUT2D eigenvalue weighted by Gasteiger charge is 2.30. The zero-order valence-electron chi connectivity index (χ0n) is 11.5. The van der Waals surface area contributed by atoms with Gasteiger partial charge in [-0.15, -0.1) is 0 Å². The Morgan fingerprint density at radius 3 is 2.79 bits per heavy atom. The van der Waals surface area contributed by atoms with Crippen LogP contribution in [-0.4, -0.2) is 34.7 Å². The van der Waals surface area contributed by atoms with Crippen LogP contribution in [0.5, 0.6) is 0 Å². The van der Waals surface area contributed by atoms with Crippen LogP contribution in [0.4, 0.5) is 5.69 Å². The predicted molar refractivity (Wildman–Crippen MR) is 81.1 cm³/mol. The third-order valence-corrected chi connectivity index (χ3v) is 5.04. The molecule has 1 heterocycles. The predicted octanol–water partition coefficient (Wildman–Crippen LogP) is 3.17. The average molecular weight is 279 g/mol. The zero-order valence-corrected chi connectivity index (χ0v) is 12.3. The van der Waals surface area contributed by atoms with Crippen molar-refractivity contribution < 1.29 is 9.90 Å². The van der Waals surface area contributed by atoms with Gasteiger partial charge in [-0.1, -0.05) is 25.1 Å². The van der Waals surface area contributed by atoms with E-state index in [2.05, 4.69) is 30.9 Å². The van der Waals surface area contributed by atoms with Crippen LogP contribution in [0.15, 0.2) is 24.3 Å². The van der Waals surface area contributed by atoms with Crippen LogP contribution < -0.4 is 4.90 Å². The van der Waals surface area contributed by atoms with Crippen molar-refractivity contribution in [1.82, 2.24) is 0 Å². The molecule has 1 aliphatic rings. The number of aryl methyl sites for hydroxylation is 1. The Morgan fingerprint density at radius 1 is 1.47 bits per heavy atom. The SMILES string of the molecule is Cc1ccccc1N(CCC(=O)O)C1CCSC1C. The highest BCUT2D eigenvalue weighted by molar-refractivity contribution is 8.00. The van der Waals surface area contributed by atoms with Crippen LogP contribution in [0.3, 0.4) is 0 Å². The van der Waals surface area contributed by atoms with E-state index in [1.165, 1.54) is 17.0 Å². The third-order valence-electron chi connectivity index (χ3n) is 3.73. The van der Waals surface area contributed by atoms with Crippen LogP contribution in [-0.2, 0) is 4.79 Å². The Balaban J connectivity index is 2.23. The first-order chi connectivity index (χ1) is 9.09. The van der Waals surface area contributed by atoms with E-state index in [0.29, 0.717) is 17.8 Å². The molecule has 3 nitrogen and oxygen atoms in total. The molecule has 0 aromatic heterocycles. The van der Waals surface area contributed by atoms with Crippen molar-refractivity contribution in [2.45, 2.75) is 38.0 Å². The smallest absolute Gasteiger partial charge is 0.305 e. The molecule has 1 aliphatic heterocycles. The van der Waals surface area contributed by atoms with Crippen molar-refractivity contribution in [2.24, 2.45) is 0 Å². The van der Waals surface area contributed by atoms with Gasteiger partial charge in [0.25, 0.3) is 0 Å². The lowest BCUT2D eigenvalue weighted by atomic mass is 10.1. The first-order valence-corrected chi connectivity index (χ1v) is 7.80. The first-order valence-electron chi connectivity index (χ1n) is 6.75. The van der Waals surface area contributed by atoms with Crippen LogP contribution in [0.2, 0.25) is 0 Å². The van der Waals surface area contributed by atoms with Gasteiger partial charge in [0.2, 0.25) is 0 Å². The fourth-order valence-electron chi connectivity index (χ4n) is 2.70. The van der Waals surface area contributed by atoms with Gasteiger partial charge < -0.3 is 10.0 Å². The Hall–Kier alpha value is -1.16. The van der Waals surface area contributed by atoms with Crippen molar-refractivity contribution >= 4 is 23.4 Å². The third kappa shape index (κ3) is 3.44. The van der Waals surface area contributed by atoms with Crippen molar-refractivity contribution in [2.75, 3.05) is 17.2 Å². The van der Waals surface area contributed by atoms with Gasteiger partial charge in [-0.05, 0) is 30.7 Å². The van der Waals surface area contributed by atoms with Crippen LogP contribution in [0.1, 0.15) is 25.3 Å². The number of carboxylic acid groups (broad SMARTS) is 1. The molecular formula is C15H21NO2S. The fraction of sp³-hybridized carbons (Fsp3) is 0.533. The van der Waals surface area contributed by atoms with Gasteiger partial charge in [0.15, 0.2) is 0 Å². The number of carbonyl (C=O) groups is 1. The maximum Gasteiger partial charge on any atom is 0.305 e. The number of nitrogens with zero attached hydrogens (tertiary/aromatic N) is 1. The molecule has 1 N–H and O–H groups in total. The summed E-state index contributed by atoms with van der Waals surface area (Å²) in [5.74, 6) is 0.443. The number of rotatable bonds is 5. The van der Waals surface area contributed by atoms with E-state index in [-0.39, 0.29) is 6.42 Å².